The molecule has 0 saturated heterocycles. The van der Waals surface area contributed by atoms with Gasteiger partial charge in [-0.25, -0.2) is 8.78 Å². The Morgan fingerprint density at radius 2 is 2.12 bits per heavy atom. The molecule has 1 atom stereocenters. The van der Waals surface area contributed by atoms with Gasteiger partial charge in [-0.05, 0) is 19.9 Å². The molecular formula is C12H13BrF2O2. The summed E-state index contributed by atoms with van der Waals surface area (Å²) < 4.78 is 30.9. The van der Waals surface area contributed by atoms with Crippen molar-refractivity contribution in [2.24, 2.45) is 0 Å². The van der Waals surface area contributed by atoms with Gasteiger partial charge in [-0.15, -0.1) is 0 Å². The second-order valence-corrected chi connectivity index (χ2v) is 4.81. The Hall–Kier alpha value is -0.970. The Morgan fingerprint density at radius 3 is 2.59 bits per heavy atom. The van der Waals surface area contributed by atoms with Crippen LogP contribution in [0.25, 0.3) is 0 Å². The van der Waals surface area contributed by atoms with Crippen LogP contribution in [-0.2, 0) is 0 Å². The third kappa shape index (κ3) is 3.25. The van der Waals surface area contributed by atoms with Crippen molar-refractivity contribution in [2.45, 2.75) is 25.1 Å². The lowest BCUT2D eigenvalue weighted by Gasteiger charge is -2.14. The van der Waals surface area contributed by atoms with Crippen LogP contribution in [0.15, 0.2) is 18.2 Å². The Morgan fingerprint density at radius 1 is 1.47 bits per heavy atom. The molecule has 0 fully saturated rings. The molecular weight excluding hydrogens is 294 g/mol. The third-order valence-corrected chi connectivity index (χ3v) is 2.62. The van der Waals surface area contributed by atoms with E-state index in [9.17, 15) is 13.6 Å². The van der Waals surface area contributed by atoms with Gasteiger partial charge in [0.05, 0.1) is 17.0 Å². The number of benzene rings is 1. The first kappa shape index (κ1) is 14.1. The normalized spacial score (nSPS) is 12.6. The monoisotopic (exact) mass is 306 g/mol. The summed E-state index contributed by atoms with van der Waals surface area (Å²) in [5.74, 6) is -0.189. The zero-order valence-corrected chi connectivity index (χ0v) is 11.1. The smallest absolute Gasteiger partial charge is 0.264 e. The molecule has 1 aromatic rings. The first-order chi connectivity index (χ1) is 7.99. The van der Waals surface area contributed by atoms with E-state index in [4.69, 9.17) is 4.74 Å². The van der Waals surface area contributed by atoms with E-state index < -0.39 is 17.0 Å². The highest BCUT2D eigenvalue weighted by atomic mass is 79.9. The average Bonchev–Trinajstić information content (AvgIpc) is 2.28. The number of hydrogen-bond donors (Lipinski definition) is 0. The predicted octanol–water partition coefficient (Wildman–Crippen LogP) is 3.99. The maximum atomic E-state index is 12.8. The van der Waals surface area contributed by atoms with Crippen LogP contribution in [0.5, 0.6) is 5.75 Å². The first-order valence-corrected chi connectivity index (χ1v) is 6.12. The molecule has 0 aliphatic rings. The minimum Gasteiger partial charge on any atom is -0.493 e. The predicted molar refractivity (Wildman–Crippen MR) is 65.3 cm³/mol. The Kier molecular flexibility index (Phi) is 5.05. The van der Waals surface area contributed by atoms with Crippen LogP contribution in [0.1, 0.15) is 36.2 Å². The third-order valence-electron chi connectivity index (χ3n) is 2.20. The van der Waals surface area contributed by atoms with Crippen molar-refractivity contribution in [3.05, 3.63) is 29.3 Å². The van der Waals surface area contributed by atoms with Gasteiger partial charge in [-0.1, -0.05) is 28.1 Å². The quantitative estimate of drug-likeness (QED) is 0.607. The summed E-state index contributed by atoms with van der Waals surface area (Å²) in [6.07, 6.45) is -2.69. The summed E-state index contributed by atoms with van der Waals surface area (Å²) in [6.45, 7) is 3.66. The van der Waals surface area contributed by atoms with Gasteiger partial charge in [0, 0.05) is 5.56 Å². The molecule has 1 aromatic carbocycles. The number of rotatable bonds is 5. The summed E-state index contributed by atoms with van der Waals surface area (Å²) in [5, 5.41) is 0. The van der Waals surface area contributed by atoms with E-state index in [0.29, 0.717) is 6.61 Å². The second-order valence-electron chi connectivity index (χ2n) is 3.43. The van der Waals surface area contributed by atoms with Gasteiger partial charge in [-0.2, -0.15) is 0 Å². The van der Waals surface area contributed by atoms with Crippen LogP contribution < -0.4 is 4.74 Å². The molecule has 0 radical (unpaired) electrons. The van der Waals surface area contributed by atoms with Crippen molar-refractivity contribution >= 4 is 21.7 Å². The maximum absolute atomic E-state index is 12.8. The number of carbonyl (C=O) groups is 1. The van der Waals surface area contributed by atoms with Crippen molar-refractivity contribution in [1.29, 1.82) is 0 Å². The van der Waals surface area contributed by atoms with E-state index in [0.717, 1.165) is 0 Å². The zero-order chi connectivity index (χ0) is 13.0. The van der Waals surface area contributed by atoms with E-state index in [1.807, 2.05) is 0 Å². The number of ether oxygens (including phenoxy) is 1. The molecule has 1 unspecified atom stereocenters. The number of carbonyl (C=O) groups excluding carboxylic acids is 1. The summed E-state index contributed by atoms with van der Waals surface area (Å²) in [5.41, 5.74) is -0.319. The highest BCUT2D eigenvalue weighted by Crippen LogP contribution is 2.31. The standard InChI is InChI=1S/C12H13BrF2O2/c1-3-17-9-6-4-5-8(12(14)15)10(9)11(16)7(2)13/h4-7,12H,3H2,1-2H3. The zero-order valence-electron chi connectivity index (χ0n) is 9.54. The topological polar surface area (TPSA) is 26.3 Å². The lowest BCUT2D eigenvalue weighted by Crippen LogP contribution is -2.15. The van der Waals surface area contributed by atoms with Gasteiger partial charge in [0.1, 0.15) is 5.75 Å². The lowest BCUT2D eigenvalue weighted by molar-refractivity contribution is 0.0977. The molecule has 0 aliphatic heterocycles. The van der Waals surface area contributed by atoms with E-state index >= 15 is 0 Å². The molecule has 0 spiro atoms. The molecule has 0 heterocycles. The van der Waals surface area contributed by atoms with Gasteiger partial charge in [0.2, 0.25) is 0 Å². The van der Waals surface area contributed by atoms with Crippen molar-refractivity contribution in [3.63, 3.8) is 0 Å². The Labute approximate surface area is 107 Å². The summed E-state index contributed by atoms with van der Waals surface area (Å²) >= 11 is 3.10. The van der Waals surface area contributed by atoms with Gasteiger partial charge in [-0.3, -0.25) is 4.79 Å². The van der Waals surface area contributed by atoms with Crippen LogP contribution in [0.2, 0.25) is 0 Å². The van der Waals surface area contributed by atoms with Crippen LogP contribution in [0.3, 0.4) is 0 Å². The number of alkyl halides is 3. The highest BCUT2D eigenvalue weighted by molar-refractivity contribution is 9.10. The number of ketones is 1. The molecule has 0 aromatic heterocycles. The van der Waals surface area contributed by atoms with E-state index in [1.165, 1.54) is 18.2 Å². The number of halogens is 3. The van der Waals surface area contributed by atoms with Crippen molar-refractivity contribution < 1.29 is 18.3 Å². The Bertz CT molecular complexity index is 405. The van der Waals surface area contributed by atoms with Crippen LogP contribution in [0.4, 0.5) is 8.78 Å². The minimum absolute atomic E-state index is 0.0336. The first-order valence-electron chi connectivity index (χ1n) is 5.21. The Balaban J connectivity index is 3.33. The summed E-state index contributed by atoms with van der Waals surface area (Å²) in [6, 6.07) is 4.23. The molecule has 94 valence electrons. The molecule has 0 aliphatic carbocycles. The summed E-state index contributed by atoms with van der Waals surface area (Å²) in [7, 11) is 0. The van der Waals surface area contributed by atoms with Crippen LogP contribution in [-0.4, -0.2) is 17.2 Å². The molecule has 17 heavy (non-hydrogen) atoms. The van der Waals surface area contributed by atoms with E-state index in [2.05, 4.69) is 15.9 Å². The average molecular weight is 307 g/mol. The SMILES string of the molecule is CCOc1cccc(C(F)F)c1C(=O)C(C)Br. The molecule has 1 rings (SSSR count). The molecule has 2 nitrogen and oxygen atoms in total. The fourth-order valence-electron chi connectivity index (χ4n) is 1.47. The minimum atomic E-state index is -2.69. The van der Waals surface area contributed by atoms with Crippen molar-refractivity contribution in [1.82, 2.24) is 0 Å². The van der Waals surface area contributed by atoms with Gasteiger partial charge in [0.25, 0.3) is 6.43 Å². The molecule has 0 bridgehead atoms. The van der Waals surface area contributed by atoms with Crippen molar-refractivity contribution in [2.75, 3.05) is 6.61 Å². The fourth-order valence-corrected chi connectivity index (χ4v) is 1.70. The van der Waals surface area contributed by atoms with Gasteiger partial charge >= 0.3 is 0 Å². The highest BCUT2D eigenvalue weighted by Gasteiger charge is 2.24. The molecule has 0 saturated carbocycles. The largest absolute Gasteiger partial charge is 0.493 e. The fraction of sp³-hybridized carbons (Fsp3) is 0.417. The van der Waals surface area contributed by atoms with Crippen molar-refractivity contribution in [3.8, 4) is 5.75 Å². The number of Topliss-reactive ketones (excluding diaryl/α,β-unsaturated/α-hetero) is 1. The molecule has 5 heteroatoms. The van der Waals surface area contributed by atoms with E-state index in [1.54, 1.807) is 13.8 Å². The lowest BCUT2D eigenvalue weighted by atomic mass is 10.0. The van der Waals surface area contributed by atoms with Crippen LogP contribution >= 0.6 is 15.9 Å². The van der Waals surface area contributed by atoms with Gasteiger partial charge < -0.3 is 4.74 Å². The molecule has 0 N–H and O–H groups in total. The molecule has 0 amide bonds. The van der Waals surface area contributed by atoms with E-state index in [-0.39, 0.29) is 16.9 Å². The van der Waals surface area contributed by atoms with Gasteiger partial charge in [0.15, 0.2) is 5.78 Å². The summed E-state index contributed by atoms with van der Waals surface area (Å²) in [4.78, 5) is 11.4. The van der Waals surface area contributed by atoms with Crippen LogP contribution in [0, 0.1) is 0 Å². The second kappa shape index (κ2) is 6.10. The maximum Gasteiger partial charge on any atom is 0.264 e. The number of hydrogen-bond acceptors (Lipinski definition) is 2.